The lowest BCUT2D eigenvalue weighted by Crippen LogP contribution is -2.43. The smallest absolute Gasteiger partial charge is 0.345 e. The fraction of sp³-hybridized carbons (Fsp3) is 0.769. The summed E-state index contributed by atoms with van der Waals surface area (Å²) >= 11 is 0. The molecule has 0 aromatic carbocycles. The molecule has 0 aromatic heterocycles. The number of nitrogens with one attached hydrogen (secondary N) is 1. The van der Waals surface area contributed by atoms with Crippen LogP contribution in [0.15, 0.2) is 0 Å². The van der Waals surface area contributed by atoms with Crippen molar-refractivity contribution in [3.8, 4) is 0 Å². The van der Waals surface area contributed by atoms with Gasteiger partial charge in [0.2, 0.25) is 12.0 Å². The third-order valence-electron chi connectivity index (χ3n) is 3.41. The molecule has 3 atom stereocenters. The van der Waals surface area contributed by atoms with Crippen molar-refractivity contribution in [2.45, 2.75) is 58.1 Å². The molecule has 0 saturated heterocycles. The van der Waals surface area contributed by atoms with Gasteiger partial charge in [-0.3, -0.25) is 9.59 Å². The van der Waals surface area contributed by atoms with Crippen molar-refractivity contribution in [1.29, 1.82) is 0 Å². The van der Waals surface area contributed by atoms with Gasteiger partial charge in [-0.2, -0.15) is 0 Å². The van der Waals surface area contributed by atoms with E-state index in [9.17, 15) is 14.4 Å². The summed E-state index contributed by atoms with van der Waals surface area (Å²) in [4.78, 5) is 33.4. The van der Waals surface area contributed by atoms with E-state index in [1.54, 1.807) is 0 Å². The van der Waals surface area contributed by atoms with Gasteiger partial charge in [0, 0.05) is 13.0 Å². The van der Waals surface area contributed by atoms with Crippen molar-refractivity contribution in [2.75, 3.05) is 0 Å². The Balaban J connectivity index is 2.47. The molecule has 0 spiro atoms. The summed E-state index contributed by atoms with van der Waals surface area (Å²) in [6.45, 7) is 3.20. The Morgan fingerprint density at radius 1 is 1.32 bits per heavy atom. The van der Waals surface area contributed by atoms with E-state index in [2.05, 4.69) is 17.0 Å². The molecule has 1 rings (SSSR count). The molecule has 108 valence electrons. The number of aliphatic carboxylic acids is 1. The lowest BCUT2D eigenvalue weighted by Gasteiger charge is -2.29. The second-order valence-corrected chi connectivity index (χ2v) is 5.08. The van der Waals surface area contributed by atoms with Crippen molar-refractivity contribution in [3.05, 3.63) is 0 Å². The van der Waals surface area contributed by atoms with E-state index in [-0.39, 0.29) is 18.4 Å². The lowest BCUT2D eigenvalue weighted by atomic mass is 9.86. The summed E-state index contributed by atoms with van der Waals surface area (Å²) in [7, 11) is 0. The number of hydrogen-bond donors (Lipinski definition) is 2. The van der Waals surface area contributed by atoms with Crippen molar-refractivity contribution >= 4 is 17.8 Å². The van der Waals surface area contributed by atoms with E-state index >= 15 is 0 Å². The zero-order valence-corrected chi connectivity index (χ0v) is 11.3. The van der Waals surface area contributed by atoms with Gasteiger partial charge in [0.25, 0.3) is 0 Å². The molecule has 6 nitrogen and oxygen atoms in total. The quantitative estimate of drug-likeness (QED) is 0.730. The predicted molar refractivity (Wildman–Crippen MR) is 67.4 cm³/mol. The van der Waals surface area contributed by atoms with E-state index in [1.165, 1.54) is 6.42 Å². The zero-order chi connectivity index (χ0) is 14.4. The second kappa shape index (κ2) is 7.11. The molecule has 0 unspecified atom stereocenters. The zero-order valence-electron chi connectivity index (χ0n) is 11.3. The summed E-state index contributed by atoms with van der Waals surface area (Å²) in [6, 6.07) is 0.0908. The molecule has 0 aliphatic heterocycles. The Labute approximate surface area is 112 Å². The predicted octanol–water partition coefficient (Wildman–Crippen LogP) is 1.09. The molecule has 1 aliphatic rings. The van der Waals surface area contributed by atoms with Crippen LogP contribution in [0.3, 0.4) is 0 Å². The number of carboxylic acids is 1. The summed E-state index contributed by atoms with van der Waals surface area (Å²) in [5.74, 6) is -1.99. The van der Waals surface area contributed by atoms with Gasteiger partial charge in [-0.25, -0.2) is 4.79 Å². The topological polar surface area (TPSA) is 92.7 Å². The number of carboxylic acid groups (broad SMARTS) is 1. The molecular weight excluding hydrogens is 250 g/mol. The minimum atomic E-state index is -1.41. The second-order valence-electron chi connectivity index (χ2n) is 5.08. The van der Waals surface area contributed by atoms with Crippen LogP contribution in [0, 0.1) is 5.92 Å². The highest BCUT2D eigenvalue weighted by Crippen LogP contribution is 2.23. The Morgan fingerprint density at radius 3 is 2.47 bits per heavy atom. The van der Waals surface area contributed by atoms with Crippen LogP contribution in [0.4, 0.5) is 0 Å². The first-order chi connectivity index (χ1) is 8.90. The van der Waals surface area contributed by atoms with Crippen LogP contribution in [-0.4, -0.2) is 35.1 Å². The summed E-state index contributed by atoms with van der Waals surface area (Å²) < 4.78 is 4.60. The normalized spacial score (nSPS) is 24.3. The Kier molecular flexibility index (Phi) is 5.79. The average Bonchev–Trinajstić information content (AvgIpc) is 2.30. The Bertz CT molecular complexity index is 355. The molecule has 0 radical (unpaired) electrons. The molecule has 1 saturated carbocycles. The first-order valence-corrected chi connectivity index (χ1v) is 6.59. The van der Waals surface area contributed by atoms with Crippen LogP contribution in [0.25, 0.3) is 0 Å². The fourth-order valence-electron chi connectivity index (χ4n) is 2.34. The van der Waals surface area contributed by atoms with Crippen LogP contribution in [-0.2, 0) is 19.1 Å². The van der Waals surface area contributed by atoms with Gasteiger partial charge in [0.15, 0.2) is 0 Å². The van der Waals surface area contributed by atoms with Gasteiger partial charge in [-0.1, -0.05) is 19.8 Å². The third-order valence-corrected chi connectivity index (χ3v) is 3.41. The van der Waals surface area contributed by atoms with Crippen LogP contribution < -0.4 is 5.32 Å². The number of carbonyl (C=O) groups is 3. The Morgan fingerprint density at radius 2 is 1.95 bits per heavy atom. The maximum absolute atomic E-state index is 11.8. The SMILES string of the molecule is CC(=O)O[C@@H](CC(=O)N[C@H]1CCCC[C@H]1C)C(=O)O. The molecule has 1 amide bonds. The van der Waals surface area contributed by atoms with Crippen molar-refractivity contribution in [2.24, 2.45) is 5.92 Å². The standard InChI is InChI=1S/C13H21NO5/c1-8-5-3-4-6-10(8)14-12(16)7-11(13(17)18)19-9(2)15/h8,10-11H,3-7H2,1-2H3,(H,14,16)(H,17,18)/t8-,10+,11+/m1/s1. The number of hydrogen-bond acceptors (Lipinski definition) is 4. The minimum absolute atomic E-state index is 0.0908. The molecule has 0 aromatic rings. The van der Waals surface area contributed by atoms with Crippen LogP contribution in [0.5, 0.6) is 0 Å². The number of amides is 1. The number of carbonyl (C=O) groups excluding carboxylic acids is 2. The van der Waals surface area contributed by atoms with E-state index in [4.69, 9.17) is 5.11 Å². The van der Waals surface area contributed by atoms with Crippen molar-refractivity contribution < 1.29 is 24.2 Å². The van der Waals surface area contributed by atoms with Gasteiger partial charge in [0.05, 0.1) is 6.42 Å². The van der Waals surface area contributed by atoms with E-state index < -0.39 is 18.0 Å². The van der Waals surface area contributed by atoms with Gasteiger partial charge in [-0.15, -0.1) is 0 Å². The highest BCUT2D eigenvalue weighted by molar-refractivity contribution is 5.85. The lowest BCUT2D eigenvalue weighted by molar-refractivity contribution is -0.164. The van der Waals surface area contributed by atoms with E-state index in [0.29, 0.717) is 5.92 Å². The van der Waals surface area contributed by atoms with Crippen molar-refractivity contribution in [3.63, 3.8) is 0 Å². The molecule has 1 fully saturated rings. The molecule has 0 heterocycles. The molecule has 6 heteroatoms. The van der Waals surface area contributed by atoms with E-state index in [0.717, 1.165) is 26.2 Å². The van der Waals surface area contributed by atoms with E-state index in [1.807, 2.05) is 0 Å². The maximum atomic E-state index is 11.8. The number of esters is 1. The molecule has 2 N–H and O–H groups in total. The highest BCUT2D eigenvalue weighted by Gasteiger charge is 2.27. The van der Waals surface area contributed by atoms with Crippen LogP contribution >= 0.6 is 0 Å². The van der Waals surface area contributed by atoms with Gasteiger partial charge < -0.3 is 15.2 Å². The van der Waals surface area contributed by atoms with Crippen LogP contribution in [0.1, 0.15) is 46.0 Å². The fourth-order valence-corrected chi connectivity index (χ4v) is 2.34. The van der Waals surface area contributed by atoms with Gasteiger partial charge in [-0.05, 0) is 18.8 Å². The minimum Gasteiger partial charge on any atom is -0.478 e. The summed E-state index contributed by atoms with van der Waals surface area (Å²) in [5, 5.41) is 11.7. The summed E-state index contributed by atoms with van der Waals surface area (Å²) in [5.41, 5.74) is 0. The molecule has 0 bridgehead atoms. The number of ether oxygens (including phenoxy) is 1. The van der Waals surface area contributed by atoms with Crippen molar-refractivity contribution in [1.82, 2.24) is 5.32 Å². The first-order valence-electron chi connectivity index (χ1n) is 6.59. The molecule has 1 aliphatic carbocycles. The average molecular weight is 271 g/mol. The van der Waals surface area contributed by atoms with Crippen LogP contribution in [0.2, 0.25) is 0 Å². The van der Waals surface area contributed by atoms with Gasteiger partial charge in [0.1, 0.15) is 0 Å². The number of rotatable bonds is 5. The Hall–Kier alpha value is -1.59. The molecular formula is C13H21NO5. The molecule has 19 heavy (non-hydrogen) atoms. The largest absolute Gasteiger partial charge is 0.478 e. The third kappa shape index (κ3) is 5.28. The summed E-state index contributed by atoms with van der Waals surface area (Å²) in [6.07, 6.45) is 2.48. The maximum Gasteiger partial charge on any atom is 0.345 e. The monoisotopic (exact) mass is 271 g/mol. The van der Waals surface area contributed by atoms with Gasteiger partial charge >= 0.3 is 11.9 Å². The first kappa shape index (κ1) is 15.5. The highest BCUT2D eigenvalue weighted by atomic mass is 16.6.